The van der Waals surface area contributed by atoms with E-state index in [0.29, 0.717) is 12.6 Å². The van der Waals surface area contributed by atoms with Crippen LogP contribution in [0.4, 0.5) is 5.69 Å². The Hall–Kier alpha value is -1.51. The van der Waals surface area contributed by atoms with Crippen LogP contribution in [0.25, 0.3) is 0 Å². The fourth-order valence-corrected chi connectivity index (χ4v) is 3.11. The molecule has 0 bridgehead atoms. The number of carbonyl (C=O) groups is 1. The van der Waals surface area contributed by atoms with Crippen molar-refractivity contribution in [2.75, 3.05) is 11.9 Å². The quantitative estimate of drug-likeness (QED) is 0.837. The van der Waals surface area contributed by atoms with Gasteiger partial charge in [0.25, 0.3) is 0 Å². The Bertz CT molecular complexity index is 501. The van der Waals surface area contributed by atoms with Crippen LogP contribution < -0.4 is 10.2 Å². The molecule has 128 valence electrons. The number of hydrogen-bond donors (Lipinski definition) is 1. The number of rotatable bonds is 6. The number of nitrogens with zero attached hydrogens (tertiary/aromatic N) is 1. The first kappa shape index (κ1) is 17.8. The molecule has 1 fully saturated rings. The van der Waals surface area contributed by atoms with Crippen molar-refractivity contribution in [2.24, 2.45) is 5.41 Å². The van der Waals surface area contributed by atoms with Crippen LogP contribution in [0.3, 0.4) is 0 Å². The van der Waals surface area contributed by atoms with Gasteiger partial charge < -0.3 is 10.2 Å². The zero-order chi connectivity index (χ0) is 16.9. The third-order valence-corrected chi connectivity index (χ3v) is 5.42. The molecule has 0 radical (unpaired) electrons. The van der Waals surface area contributed by atoms with Crippen LogP contribution in [0.2, 0.25) is 0 Å². The van der Waals surface area contributed by atoms with Crippen molar-refractivity contribution in [1.29, 1.82) is 0 Å². The van der Waals surface area contributed by atoms with Gasteiger partial charge in [-0.05, 0) is 37.0 Å². The van der Waals surface area contributed by atoms with Gasteiger partial charge in [-0.15, -0.1) is 0 Å². The molecule has 0 saturated heterocycles. The van der Waals surface area contributed by atoms with Gasteiger partial charge in [-0.1, -0.05) is 52.2 Å². The van der Waals surface area contributed by atoms with Crippen LogP contribution in [0.5, 0.6) is 0 Å². The number of anilines is 1. The van der Waals surface area contributed by atoms with Crippen LogP contribution in [-0.4, -0.2) is 19.0 Å². The fourth-order valence-electron chi connectivity index (χ4n) is 3.11. The number of carbonyl (C=O) groups excluding carboxylic acids is 1. The normalized spacial score (nSPS) is 16.2. The molecule has 3 heteroatoms. The van der Waals surface area contributed by atoms with Crippen LogP contribution in [-0.2, 0) is 11.3 Å². The first-order chi connectivity index (χ1) is 10.9. The summed E-state index contributed by atoms with van der Waals surface area (Å²) in [6.07, 6.45) is 7.56. The van der Waals surface area contributed by atoms with Gasteiger partial charge in [-0.2, -0.15) is 0 Å². The first-order valence-electron chi connectivity index (χ1n) is 9.04. The molecule has 1 aliphatic rings. The summed E-state index contributed by atoms with van der Waals surface area (Å²) in [6, 6.07) is 9.31. The van der Waals surface area contributed by atoms with E-state index in [-0.39, 0.29) is 11.3 Å². The minimum Gasteiger partial charge on any atom is -0.372 e. The van der Waals surface area contributed by atoms with Crippen molar-refractivity contribution in [2.45, 2.75) is 71.9 Å². The second kappa shape index (κ2) is 7.85. The molecule has 3 nitrogen and oxygen atoms in total. The maximum Gasteiger partial charge on any atom is 0.225 e. The summed E-state index contributed by atoms with van der Waals surface area (Å²) in [5, 5.41) is 3.05. The Morgan fingerprint density at radius 2 is 1.78 bits per heavy atom. The number of amides is 1. The molecule has 23 heavy (non-hydrogen) atoms. The van der Waals surface area contributed by atoms with Crippen molar-refractivity contribution in [3.63, 3.8) is 0 Å². The molecule has 1 N–H and O–H groups in total. The average molecular weight is 316 g/mol. The molecule has 1 aromatic rings. The highest BCUT2D eigenvalue weighted by Crippen LogP contribution is 2.26. The Morgan fingerprint density at radius 3 is 2.35 bits per heavy atom. The van der Waals surface area contributed by atoms with Crippen molar-refractivity contribution in [1.82, 2.24) is 5.32 Å². The first-order valence-corrected chi connectivity index (χ1v) is 9.04. The van der Waals surface area contributed by atoms with Crippen molar-refractivity contribution in [3.05, 3.63) is 29.8 Å². The van der Waals surface area contributed by atoms with E-state index in [2.05, 4.69) is 48.5 Å². The molecule has 1 amide bonds. The van der Waals surface area contributed by atoms with E-state index in [1.807, 2.05) is 13.8 Å². The summed E-state index contributed by atoms with van der Waals surface area (Å²) >= 11 is 0. The molecule has 0 heterocycles. The summed E-state index contributed by atoms with van der Waals surface area (Å²) < 4.78 is 0. The van der Waals surface area contributed by atoms with E-state index < -0.39 is 0 Å². The third kappa shape index (κ3) is 4.73. The topological polar surface area (TPSA) is 32.3 Å². The van der Waals surface area contributed by atoms with Crippen LogP contribution >= 0.6 is 0 Å². The summed E-state index contributed by atoms with van der Waals surface area (Å²) in [4.78, 5) is 14.5. The van der Waals surface area contributed by atoms with E-state index >= 15 is 0 Å². The molecule has 1 aromatic carbocycles. The molecule has 1 saturated carbocycles. The lowest BCUT2D eigenvalue weighted by molar-refractivity contribution is -0.129. The smallest absolute Gasteiger partial charge is 0.225 e. The van der Waals surface area contributed by atoms with Crippen molar-refractivity contribution >= 4 is 11.6 Å². The number of nitrogens with one attached hydrogen (secondary N) is 1. The molecule has 0 atom stereocenters. The van der Waals surface area contributed by atoms with E-state index in [9.17, 15) is 4.79 Å². The van der Waals surface area contributed by atoms with Gasteiger partial charge in [0.2, 0.25) is 5.91 Å². The Morgan fingerprint density at radius 1 is 1.17 bits per heavy atom. The average Bonchev–Trinajstić information content (AvgIpc) is 2.60. The second-order valence-electron chi connectivity index (χ2n) is 7.49. The lowest BCUT2D eigenvalue weighted by Gasteiger charge is -2.33. The van der Waals surface area contributed by atoms with E-state index in [1.165, 1.54) is 37.8 Å². The Kier molecular flexibility index (Phi) is 6.09. The molecular formula is C20H32N2O. The van der Waals surface area contributed by atoms with E-state index in [0.717, 1.165) is 12.0 Å². The maximum atomic E-state index is 12.1. The Labute approximate surface area is 141 Å². The zero-order valence-corrected chi connectivity index (χ0v) is 15.2. The van der Waals surface area contributed by atoms with E-state index in [1.54, 1.807) is 0 Å². The molecular weight excluding hydrogens is 284 g/mol. The largest absolute Gasteiger partial charge is 0.372 e. The van der Waals surface area contributed by atoms with Gasteiger partial charge in [-0.3, -0.25) is 4.79 Å². The van der Waals surface area contributed by atoms with Crippen LogP contribution in [0.1, 0.15) is 64.9 Å². The summed E-state index contributed by atoms with van der Waals surface area (Å²) in [5.41, 5.74) is 2.15. The van der Waals surface area contributed by atoms with Gasteiger partial charge >= 0.3 is 0 Å². The molecule has 1 aliphatic carbocycles. The second-order valence-corrected chi connectivity index (χ2v) is 7.49. The van der Waals surface area contributed by atoms with Crippen LogP contribution in [0.15, 0.2) is 24.3 Å². The van der Waals surface area contributed by atoms with Crippen molar-refractivity contribution in [3.8, 4) is 0 Å². The van der Waals surface area contributed by atoms with Gasteiger partial charge in [0, 0.05) is 30.7 Å². The predicted octanol–water partition coefficient (Wildman–Crippen LogP) is 4.51. The summed E-state index contributed by atoms with van der Waals surface area (Å²) in [7, 11) is 2.20. The molecule has 2 rings (SSSR count). The lowest BCUT2D eigenvalue weighted by Crippen LogP contribution is -2.36. The monoisotopic (exact) mass is 316 g/mol. The minimum absolute atomic E-state index is 0.128. The maximum absolute atomic E-state index is 12.1. The van der Waals surface area contributed by atoms with E-state index in [4.69, 9.17) is 0 Å². The highest BCUT2D eigenvalue weighted by molar-refractivity contribution is 5.81. The van der Waals surface area contributed by atoms with Gasteiger partial charge in [0.15, 0.2) is 0 Å². The summed E-state index contributed by atoms with van der Waals surface area (Å²) in [5.74, 6) is 0.128. The van der Waals surface area contributed by atoms with Crippen LogP contribution in [0, 0.1) is 5.41 Å². The third-order valence-electron chi connectivity index (χ3n) is 5.42. The molecule has 0 unspecified atom stereocenters. The SMILES string of the molecule is CCC(C)(C)C(=O)NCc1ccc(N(C)C2CCCCC2)cc1. The van der Waals surface area contributed by atoms with Crippen molar-refractivity contribution < 1.29 is 4.79 Å². The van der Waals surface area contributed by atoms with Gasteiger partial charge in [-0.25, -0.2) is 0 Å². The molecule has 0 aliphatic heterocycles. The standard InChI is InChI=1S/C20H32N2O/c1-5-20(2,3)19(23)21-15-16-11-13-18(14-12-16)22(4)17-9-7-6-8-10-17/h11-14,17H,5-10,15H2,1-4H3,(H,21,23). The van der Waals surface area contributed by atoms with Gasteiger partial charge in [0.05, 0.1) is 0 Å². The summed E-state index contributed by atoms with van der Waals surface area (Å²) in [6.45, 7) is 6.64. The van der Waals surface area contributed by atoms with Gasteiger partial charge in [0.1, 0.15) is 0 Å². The number of benzene rings is 1. The predicted molar refractivity (Wildman–Crippen MR) is 97.6 cm³/mol. The lowest BCUT2D eigenvalue weighted by atomic mass is 9.89. The highest BCUT2D eigenvalue weighted by atomic mass is 16.2. The molecule has 0 spiro atoms. The number of hydrogen-bond acceptors (Lipinski definition) is 2. The minimum atomic E-state index is -0.291. The highest BCUT2D eigenvalue weighted by Gasteiger charge is 2.24. The zero-order valence-electron chi connectivity index (χ0n) is 15.2. The fraction of sp³-hybridized carbons (Fsp3) is 0.650. The Balaban J connectivity index is 1.90. The molecule has 0 aromatic heterocycles.